The molecule has 0 spiro atoms. The minimum atomic E-state index is -1.41. The van der Waals surface area contributed by atoms with Crippen LogP contribution in [-0.2, 0) is 38.1 Å². The van der Waals surface area contributed by atoms with Crippen LogP contribution < -0.4 is 14.8 Å². The quantitative estimate of drug-likeness (QED) is 0.218. The van der Waals surface area contributed by atoms with Gasteiger partial charge in [0, 0.05) is 12.3 Å². The number of methoxy groups -OCH3 is 1. The van der Waals surface area contributed by atoms with E-state index < -0.39 is 79.2 Å². The van der Waals surface area contributed by atoms with E-state index in [0.29, 0.717) is 6.42 Å². The molecular weight excluding hydrogens is 576 g/mol. The maximum atomic E-state index is 13.5. The van der Waals surface area contributed by atoms with Crippen LogP contribution in [0.15, 0.2) is 12.3 Å². The zero-order valence-electron chi connectivity index (χ0n) is 26.3. The van der Waals surface area contributed by atoms with Crippen molar-refractivity contribution in [3.8, 4) is 11.5 Å². The van der Waals surface area contributed by atoms with Crippen molar-refractivity contribution in [1.29, 1.82) is 0 Å². The first-order valence-electron chi connectivity index (χ1n) is 15.1. The van der Waals surface area contributed by atoms with Gasteiger partial charge in [-0.3, -0.25) is 19.2 Å². The molecule has 13 nitrogen and oxygen atoms in total. The number of amides is 1. The third kappa shape index (κ3) is 9.30. The van der Waals surface area contributed by atoms with Gasteiger partial charge < -0.3 is 33.7 Å². The first-order valence-corrected chi connectivity index (χ1v) is 15.1. The van der Waals surface area contributed by atoms with Crippen LogP contribution in [0.4, 0.5) is 0 Å². The molecule has 0 bridgehead atoms. The van der Waals surface area contributed by atoms with Gasteiger partial charge in [0.25, 0.3) is 5.91 Å². The Labute approximate surface area is 257 Å². The van der Waals surface area contributed by atoms with Gasteiger partial charge in [-0.1, -0.05) is 59.8 Å². The Morgan fingerprint density at radius 1 is 1.02 bits per heavy atom. The van der Waals surface area contributed by atoms with E-state index in [1.807, 2.05) is 0 Å². The highest BCUT2D eigenvalue weighted by Crippen LogP contribution is 2.34. The number of nitrogens with zero attached hydrogens (tertiary/aromatic N) is 1. The van der Waals surface area contributed by atoms with Crippen LogP contribution >= 0.6 is 0 Å². The molecule has 1 aliphatic heterocycles. The van der Waals surface area contributed by atoms with Crippen LogP contribution in [0.5, 0.6) is 11.5 Å². The summed E-state index contributed by atoms with van der Waals surface area (Å²) in [5.41, 5.74) is -0.268. The molecule has 1 saturated carbocycles. The first-order chi connectivity index (χ1) is 20.9. The van der Waals surface area contributed by atoms with E-state index >= 15 is 0 Å². The number of cyclic esters (lactones) is 2. The number of carbonyl (C=O) groups excluding carboxylic acids is 5. The van der Waals surface area contributed by atoms with Crippen LogP contribution in [0.3, 0.4) is 0 Å². The lowest BCUT2D eigenvalue weighted by Crippen LogP contribution is -2.47. The topological polar surface area (TPSA) is 166 Å². The molecule has 1 amide bonds. The molecule has 13 heteroatoms. The van der Waals surface area contributed by atoms with E-state index in [1.165, 1.54) is 19.4 Å². The molecule has 244 valence electrons. The Balaban J connectivity index is 1.82. The number of ether oxygens (including phenoxy) is 6. The second kappa shape index (κ2) is 16.2. The monoisotopic (exact) mass is 620 g/mol. The van der Waals surface area contributed by atoms with Gasteiger partial charge in [-0.05, 0) is 19.3 Å². The molecule has 2 fully saturated rings. The summed E-state index contributed by atoms with van der Waals surface area (Å²) in [7, 11) is 1.35. The zero-order valence-corrected chi connectivity index (χ0v) is 26.3. The van der Waals surface area contributed by atoms with Crippen LogP contribution in [0.25, 0.3) is 0 Å². The average Bonchev–Trinajstić information content (AvgIpc) is 3.03. The zero-order chi connectivity index (χ0) is 32.4. The van der Waals surface area contributed by atoms with E-state index in [1.54, 1.807) is 34.6 Å². The second-order valence-electron chi connectivity index (χ2n) is 11.8. The fraction of sp³-hybridized carbons (Fsp3) is 0.677. The standard InChI is InChI=1S/C31H44N2O11/c1-17(2)28(35)42-16-41-26-23(39-6)12-13-32-24(26)27(34)33-22-15-40-30(37)21(14-20-10-8-7-9-11-20)25(19(5)43-31(22)38)44-29(36)18(3)4/h12-13,17-22,25H,7-11,14-16H2,1-6H3,(H,33,34). The highest BCUT2D eigenvalue weighted by molar-refractivity contribution is 5.98. The minimum Gasteiger partial charge on any atom is -0.493 e. The lowest BCUT2D eigenvalue weighted by Gasteiger charge is -2.32. The van der Waals surface area contributed by atoms with Gasteiger partial charge >= 0.3 is 23.9 Å². The number of rotatable bonds is 11. The molecule has 1 saturated heterocycles. The van der Waals surface area contributed by atoms with Crippen LogP contribution in [0.2, 0.25) is 0 Å². The number of nitrogens with one attached hydrogen (secondary N) is 1. The fourth-order valence-electron chi connectivity index (χ4n) is 5.13. The van der Waals surface area contributed by atoms with Gasteiger partial charge in [-0.15, -0.1) is 0 Å². The average molecular weight is 621 g/mol. The summed E-state index contributed by atoms with van der Waals surface area (Å²) in [6, 6.07) is 0.0301. The Morgan fingerprint density at radius 2 is 1.70 bits per heavy atom. The first kappa shape index (κ1) is 34.6. The van der Waals surface area contributed by atoms with Crippen molar-refractivity contribution in [2.45, 2.75) is 91.4 Å². The van der Waals surface area contributed by atoms with Gasteiger partial charge in [0.2, 0.25) is 6.79 Å². The Bertz CT molecular complexity index is 1180. The third-order valence-corrected chi connectivity index (χ3v) is 7.66. The number of hydrogen-bond acceptors (Lipinski definition) is 12. The number of hydrogen-bond donors (Lipinski definition) is 1. The van der Waals surface area contributed by atoms with Crippen LogP contribution in [0.1, 0.15) is 83.6 Å². The third-order valence-electron chi connectivity index (χ3n) is 7.66. The molecule has 2 aliphatic rings. The van der Waals surface area contributed by atoms with Crippen molar-refractivity contribution in [1.82, 2.24) is 10.3 Å². The lowest BCUT2D eigenvalue weighted by atomic mass is 9.80. The van der Waals surface area contributed by atoms with Crippen molar-refractivity contribution < 1.29 is 52.4 Å². The molecule has 2 heterocycles. The SMILES string of the molecule is COc1ccnc(C(=O)NC2COC(=O)C(CC3CCCCC3)C(OC(=O)C(C)C)C(C)OC2=O)c1OCOC(=O)C(C)C. The Kier molecular flexibility index (Phi) is 12.8. The molecule has 1 aromatic heterocycles. The van der Waals surface area contributed by atoms with Crippen molar-refractivity contribution in [2.75, 3.05) is 20.5 Å². The van der Waals surface area contributed by atoms with Crippen molar-refractivity contribution in [3.05, 3.63) is 18.0 Å². The summed E-state index contributed by atoms with van der Waals surface area (Å²) < 4.78 is 32.8. The largest absolute Gasteiger partial charge is 0.493 e. The summed E-state index contributed by atoms with van der Waals surface area (Å²) >= 11 is 0. The maximum absolute atomic E-state index is 13.5. The van der Waals surface area contributed by atoms with Gasteiger partial charge in [0.15, 0.2) is 29.3 Å². The molecule has 0 aromatic carbocycles. The normalized spacial score (nSPS) is 23.0. The number of esters is 4. The van der Waals surface area contributed by atoms with E-state index in [0.717, 1.165) is 32.1 Å². The molecule has 44 heavy (non-hydrogen) atoms. The number of carbonyl (C=O) groups is 5. The molecule has 1 N–H and O–H groups in total. The number of aromatic nitrogens is 1. The number of pyridine rings is 1. The summed E-state index contributed by atoms with van der Waals surface area (Å²) in [5, 5.41) is 2.50. The smallest absolute Gasteiger partial charge is 0.332 e. The summed E-state index contributed by atoms with van der Waals surface area (Å²) in [5.74, 6) is -4.92. The highest BCUT2D eigenvalue weighted by atomic mass is 16.7. The van der Waals surface area contributed by atoms with E-state index in [-0.39, 0.29) is 23.1 Å². The second-order valence-corrected chi connectivity index (χ2v) is 11.8. The van der Waals surface area contributed by atoms with E-state index in [9.17, 15) is 24.0 Å². The van der Waals surface area contributed by atoms with E-state index in [2.05, 4.69) is 10.3 Å². The molecule has 1 aliphatic carbocycles. The maximum Gasteiger partial charge on any atom is 0.332 e. The minimum absolute atomic E-state index is 0.126. The van der Waals surface area contributed by atoms with Crippen molar-refractivity contribution in [2.24, 2.45) is 23.7 Å². The molecular formula is C31H44N2O11. The molecule has 4 atom stereocenters. The Hall–Kier alpha value is -3.90. The molecule has 3 rings (SSSR count). The molecule has 0 radical (unpaired) electrons. The highest BCUT2D eigenvalue weighted by Gasteiger charge is 2.43. The van der Waals surface area contributed by atoms with Crippen LogP contribution in [0, 0.1) is 23.7 Å². The summed E-state index contributed by atoms with van der Waals surface area (Å²) in [6.07, 6.45) is 4.76. The summed E-state index contributed by atoms with van der Waals surface area (Å²) in [4.78, 5) is 68.7. The van der Waals surface area contributed by atoms with Crippen LogP contribution in [-0.4, -0.2) is 73.5 Å². The summed E-state index contributed by atoms with van der Waals surface area (Å²) in [6.45, 7) is 7.18. The van der Waals surface area contributed by atoms with Gasteiger partial charge in [0.1, 0.15) is 12.7 Å². The molecule has 4 unspecified atom stereocenters. The van der Waals surface area contributed by atoms with Gasteiger partial charge in [-0.2, -0.15) is 0 Å². The van der Waals surface area contributed by atoms with Gasteiger partial charge in [0.05, 0.1) is 24.9 Å². The van der Waals surface area contributed by atoms with E-state index in [4.69, 9.17) is 28.4 Å². The lowest BCUT2D eigenvalue weighted by molar-refractivity contribution is -0.177. The van der Waals surface area contributed by atoms with Crippen molar-refractivity contribution in [3.63, 3.8) is 0 Å². The van der Waals surface area contributed by atoms with Crippen molar-refractivity contribution >= 4 is 29.8 Å². The fourth-order valence-corrected chi connectivity index (χ4v) is 5.13. The van der Waals surface area contributed by atoms with Gasteiger partial charge in [-0.25, -0.2) is 9.78 Å². The Morgan fingerprint density at radius 3 is 2.34 bits per heavy atom. The predicted molar refractivity (Wildman–Crippen MR) is 154 cm³/mol. The molecule has 1 aromatic rings. The predicted octanol–water partition coefficient (Wildman–Crippen LogP) is 3.37.